The maximum Gasteiger partial charge on any atom is 0.183 e. The van der Waals surface area contributed by atoms with Crippen LogP contribution in [0.2, 0.25) is 0 Å². The minimum absolute atomic E-state index is 0.694. The number of rotatable bonds is 5. The van der Waals surface area contributed by atoms with Crippen LogP contribution in [0.3, 0.4) is 0 Å². The van der Waals surface area contributed by atoms with Gasteiger partial charge in [-0.15, -0.1) is 11.3 Å². The standard InChI is InChI=1S/C13H16N2OS/c1-10-12(11-6-4-3-5-7-11)15-13(17-10)14-8-9-16-2/h3-7H,8-9H2,1-2H3,(H,14,15). The summed E-state index contributed by atoms with van der Waals surface area (Å²) in [6.07, 6.45) is 0. The van der Waals surface area contributed by atoms with Gasteiger partial charge < -0.3 is 10.1 Å². The number of aryl methyl sites for hydroxylation is 1. The Morgan fingerprint density at radius 3 is 2.76 bits per heavy atom. The largest absolute Gasteiger partial charge is 0.383 e. The van der Waals surface area contributed by atoms with Crippen LogP contribution < -0.4 is 5.32 Å². The minimum atomic E-state index is 0.694. The van der Waals surface area contributed by atoms with Crippen LogP contribution in [0.5, 0.6) is 0 Å². The van der Waals surface area contributed by atoms with E-state index in [2.05, 4.69) is 29.4 Å². The first kappa shape index (κ1) is 12.1. The molecule has 90 valence electrons. The first-order valence-electron chi connectivity index (χ1n) is 5.57. The van der Waals surface area contributed by atoms with Crippen LogP contribution in [-0.2, 0) is 4.74 Å². The van der Waals surface area contributed by atoms with Crippen LogP contribution in [0, 0.1) is 6.92 Å². The van der Waals surface area contributed by atoms with Crippen LogP contribution in [0.25, 0.3) is 11.3 Å². The number of nitrogens with zero attached hydrogens (tertiary/aromatic N) is 1. The van der Waals surface area contributed by atoms with E-state index in [0.717, 1.165) is 17.4 Å². The third-order valence-corrected chi connectivity index (χ3v) is 3.35. The van der Waals surface area contributed by atoms with E-state index >= 15 is 0 Å². The lowest BCUT2D eigenvalue weighted by atomic mass is 10.1. The third kappa shape index (κ3) is 3.05. The third-order valence-electron chi connectivity index (χ3n) is 2.43. The minimum Gasteiger partial charge on any atom is -0.383 e. The molecule has 1 aromatic carbocycles. The van der Waals surface area contributed by atoms with Crippen molar-refractivity contribution in [3.05, 3.63) is 35.2 Å². The topological polar surface area (TPSA) is 34.1 Å². The van der Waals surface area contributed by atoms with Gasteiger partial charge >= 0.3 is 0 Å². The second-order valence-corrected chi connectivity index (χ2v) is 4.91. The highest BCUT2D eigenvalue weighted by atomic mass is 32.1. The number of aromatic nitrogens is 1. The van der Waals surface area contributed by atoms with Crippen LogP contribution >= 0.6 is 11.3 Å². The van der Waals surface area contributed by atoms with Crippen LogP contribution in [0.15, 0.2) is 30.3 Å². The molecule has 0 aliphatic heterocycles. The number of anilines is 1. The molecular weight excluding hydrogens is 232 g/mol. The summed E-state index contributed by atoms with van der Waals surface area (Å²) in [7, 11) is 1.70. The zero-order valence-corrected chi connectivity index (χ0v) is 10.9. The highest BCUT2D eigenvalue weighted by molar-refractivity contribution is 7.16. The second-order valence-electron chi connectivity index (χ2n) is 3.71. The molecule has 0 aliphatic carbocycles. The molecule has 0 spiro atoms. The fraction of sp³-hybridized carbons (Fsp3) is 0.308. The van der Waals surface area contributed by atoms with Crippen molar-refractivity contribution in [2.75, 3.05) is 25.6 Å². The highest BCUT2D eigenvalue weighted by Gasteiger charge is 2.08. The first-order valence-corrected chi connectivity index (χ1v) is 6.38. The lowest BCUT2D eigenvalue weighted by molar-refractivity contribution is 0.211. The van der Waals surface area contributed by atoms with Crippen molar-refractivity contribution in [2.24, 2.45) is 0 Å². The van der Waals surface area contributed by atoms with E-state index < -0.39 is 0 Å². The molecule has 0 bridgehead atoms. The summed E-state index contributed by atoms with van der Waals surface area (Å²) in [4.78, 5) is 5.84. The van der Waals surface area contributed by atoms with E-state index in [4.69, 9.17) is 4.74 Å². The van der Waals surface area contributed by atoms with Gasteiger partial charge in [-0.3, -0.25) is 0 Å². The Kier molecular flexibility index (Phi) is 4.12. The quantitative estimate of drug-likeness (QED) is 0.825. The Morgan fingerprint density at radius 1 is 1.29 bits per heavy atom. The Balaban J connectivity index is 2.14. The van der Waals surface area contributed by atoms with E-state index in [1.165, 1.54) is 10.4 Å². The van der Waals surface area contributed by atoms with Gasteiger partial charge in [0.25, 0.3) is 0 Å². The molecule has 17 heavy (non-hydrogen) atoms. The molecule has 2 aromatic rings. The molecule has 1 heterocycles. The van der Waals surface area contributed by atoms with Crippen molar-refractivity contribution < 1.29 is 4.74 Å². The SMILES string of the molecule is COCCNc1nc(-c2ccccc2)c(C)s1. The number of thiazole rings is 1. The summed E-state index contributed by atoms with van der Waals surface area (Å²) in [5.74, 6) is 0. The van der Waals surface area contributed by atoms with Gasteiger partial charge in [0, 0.05) is 24.1 Å². The van der Waals surface area contributed by atoms with Crippen LogP contribution in [-0.4, -0.2) is 25.2 Å². The zero-order chi connectivity index (χ0) is 12.1. The molecule has 4 heteroatoms. The number of hydrogen-bond acceptors (Lipinski definition) is 4. The Bertz CT molecular complexity index is 468. The highest BCUT2D eigenvalue weighted by Crippen LogP contribution is 2.29. The predicted octanol–water partition coefficient (Wildman–Crippen LogP) is 3.18. The summed E-state index contributed by atoms with van der Waals surface area (Å²) < 4.78 is 5.00. The zero-order valence-electron chi connectivity index (χ0n) is 10.1. The van der Waals surface area contributed by atoms with Crippen molar-refractivity contribution in [1.82, 2.24) is 4.98 Å². The van der Waals surface area contributed by atoms with Crippen molar-refractivity contribution >= 4 is 16.5 Å². The summed E-state index contributed by atoms with van der Waals surface area (Å²) in [5, 5.41) is 4.22. The van der Waals surface area contributed by atoms with Gasteiger partial charge in [-0.25, -0.2) is 4.98 Å². The van der Waals surface area contributed by atoms with Gasteiger partial charge in [0.2, 0.25) is 0 Å². The average Bonchev–Trinajstić information content (AvgIpc) is 2.72. The average molecular weight is 248 g/mol. The van der Waals surface area contributed by atoms with Crippen molar-refractivity contribution in [1.29, 1.82) is 0 Å². The number of ether oxygens (including phenoxy) is 1. The van der Waals surface area contributed by atoms with E-state index in [0.29, 0.717) is 6.61 Å². The molecule has 2 rings (SSSR count). The van der Waals surface area contributed by atoms with Gasteiger partial charge in [-0.05, 0) is 6.92 Å². The Morgan fingerprint density at radius 2 is 2.06 bits per heavy atom. The van der Waals surface area contributed by atoms with Crippen molar-refractivity contribution in [2.45, 2.75) is 6.92 Å². The van der Waals surface area contributed by atoms with Gasteiger partial charge in [0.1, 0.15) is 0 Å². The lowest BCUT2D eigenvalue weighted by Crippen LogP contribution is -2.06. The molecule has 1 N–H and O–H groups in total. The van der Waals surface area contributed by atoms with Gasteiger partial charge in [0.15, 0.2) is 5.13 Å². The molecule has 0 aliphatic rings. The molecule has 3 nitrogen and oxygen atoms in total. The molecule has 0 unspecified atom stereocenters. The van der Waals surface area contributed by atoms with Gasteiger partial charge in [-0.2, -0.15) is 0 Å². The van der Waals surface area contributed by atoms with E-state index in [1.54, 1.807) is 18.4 Å². The smallest absolute Gasteiger partial charge is 0.183 e. The van der Waals surface area contributed by atoms with Crippen LogP contribution in [0.4, 0.5) is 5.13 Å². The van der Waals surface area contributed by atoms with E-state index in [9.17, 15) is 0 Å². The van der Waals surface area contributed by atoms with Crippen molar-refractivity contribution in [3.63, 3.8) is 0 Å². The van der Waals surface area contributed by atoms with E-state index in [1.807, 2.05) is 18.2 Å². The maximum absolute atomic E-state index is 5.00. The normalized spacial score (nSPS) is 10.5. The first-order chi connectivity index (χ1) is 8.31. The molecule has 1 aromatic heterocycles. The van der Waals surface area contributed by atoms with Crippen LogP contribution in [0.1, 0.15) is 4.88 Å². The predicted molar refractivity (Wildman–Crippen MR) is 72.7 cm³/mol. The molecular formula is C13H16N2OS. The monoisotopic (exact) mass is 248 g/mol. The molecule has 0 amide bonds. The number of nitrogens with one attached hydrogen (secondary N) is 1. The van der Waals surface area contributed by atoms with E-state index in [-0.39, 0.29) is 0 Å². The maximum atomic E-state index is 5.00. The Hall–Kier alpha value is -1.39. The number of benzene rings is 1. The molecule has 0 saturated carbocycles. The Labute approximate surface area is 105 Å². The molecule has 0 atom stereocenters. The molecule has 0 saturated heterocycles. The fourth-order valence-electron chi connectivity index (χ4n) is 1.60. The number of hydrogen-bond donors (Lipinski definition) is 1. The molecule has 0 radical (unpaired) electrons. The van der Waals surface area contributed by atoms with Crippen molar-refractivity contribution in [3.8, 4) is 11.3 Å². The second kappa shape index (κ2) is 5.80. The number of methoxy groups -OCH3 is 1. The summed E-state index contributed by atoms with van der Waals surface area (Å²) in [6.45, 7) is 3.58. The molecule has 0 fully saturated rings. The van der Waals surface area contributed by atoms with Gasteiger partial charge in [-0.1, -0.05) is 30.3 Å². The fourth-order valence-corrected chi connectivity index (χ4v) is 2.46. The van der Waals surface area contributed by atoms with Gasteiger partial charge in [0.05, 0.1) is 12.3 Å². The summed E-state index contributed by atoms with van der Waals surface area (Å²) in [5.41, 5.74) is 2.23. The summed E-state index contributed by atoms with van der Waals surface area (Å²) >= 11 is 1.68. The lowest BCUT2D eigenvalue weighted by Gasteiger charge is -2.00. The summed E-state index contributed by atoms with van der Waals surface area (Å²) in [6, 6.07) is 10.3.